The van der Waals surface area contributed by atoms with E-state index in [1.807, 2.05) is 39.0 Å². The molecule has 0 fully saturated rings. The quantitative estimate of drug-likeness (QED) is 0.782. The van der Waals surface area contributed by atoms with Crippen molar-refractivity contribution in [2.24, 2.45) is 0 Å². The second kappa shape index (κ2) is 5.28. The number of hydrogen-bond acceptors (Lipinski definition) is 5. The smallest absolute Gasteiger partial charge is 0.331 e. The van der Waals surface area contributed by atoms with Gasteiger partial charge < -0.3 is 9.94 Å². The van der Waals surface area contributed by atoms with Gasteiger partial charge in [-0.25, -0.2) is 4.79 Å². The number of aromatic hydroxyl groups is 1. The molecule has 1 aliphatic heterocycles. The summed E-state index contributed by atoms with van der Waals surface area (Å²) in [5, 5.41) is 13.9. The van der Waals surface area contributed by atoms with Crippen LogP contribution in [0.15, 0.2) is 18.2 Å². The van der Waals surface area contributed by atoms with Crippen molar-refractivity contribution in [1.29, 1.82) is 0 Å². The number of rotatable bonds is 1. The second-order valence-electron chi connectivity index (χ2n) is 8.69. The molecule has 3 rings (SSSR count). The molecule has 0 aromatic heterocycles. The zero-order valence-corrected chi connectivity index (χ0v) is 15.9. The predicted octanol–water partition coefficient (Wildman–Crippen LogP) is 4.77. The van der Waals surface area contributed by atoms with E-state index in [4.69, 9.17) is 4.84 Å². The van der Waals surface area contributed by atoms with Gasteiger partial charge in [-0.1, -0.05) is 53.7 Å². The van der Waals surface area contributed by atoms with Crippen LogP contribution in [0.4, 0.5) is 11.4 Å². The Morgan fingerprint density at radius 1 is 1.08 bits per heavy atom. The minimum absolute atomic E-state index is 0.0989. The summed E-state index contributed by atoms with van der Waals surface area (Å²) in [6.45, 7) is 13.9. The molecule has 0 unspecified atom stereocenters. The van der Waals surface area contributed by atoms with Crippen LogP contribution in [-0.4, -0.2) is 11.1 Å². The lowest BCUT2D eigenvalue weighted by atomic mass is 9.81. The molecule has 25 heavy (non-hydrogen) atoms. The van der Waals surface area contributed by atoms with Crippen molar-refractivity contribution < 1.29 is 14.7 Å². The maximum atomic E-state index is 11.5. The van der Waals surface area contributed by atoms with Gasteiger partial charge in [0.15, 0.2) is 0 Å². The van der Waals surface area contributed by atoms with Gasteiger partial charge in [0, 0.05) is 23.3 Å². The highest BCUT2D eigenvalue weighted by Crippen LogP contribution is 2.50. The van der Waals surface area contributed by atoms with Gasteiger partial charge in [0.25, 0.3) is 0 Å². The Labute approximate surface area is 148 Å². The van der Waals surface area contributed by atoms with Crippen LogP contribution in [0, 0.1) is 0 Å². The second-order valence-corrected chi connectivity index (χ2v) is 8.69. The van der Waals surface area contributed by atoms with E-state index >= 15 is 0 Å². The fourth-order valence-corrected chi connectivity index (χ4v) is 3.32. The van der Waals surface area contributed by atoms with Crippen LogP contribution < -0.4 is 10.6 Å². The third kappa shape index (κ3) is 2.77. The number of hydrazine groups is 1. The van der Waals surface area contributed by atoms with Gasteiger partial charge in [-0.05, 0) is 22.5 Å². The van der Waals surface area contributed by atoms with Gasteiger partial charge in [-0.2, -0.15) is 0 Å². The number of phenols is 1. The Hall–Kier alpha value is -2.43. The monoisotopic (exact) mass is 342 g/mol. The molecule has 5 heteroatoms. The van der Waals surface area contributed by atoms with Crippen LogP contribution >= 0.6 is 0 Å². The third-order valence-corrected chi connectivity index (χ3v) is 4.52. The zero-order chi connectivity index (χ0) is 18.7. The molecule has 0 spiro atoms. The highest BCUT2D eigenvalue weighted by molar-refractivity contribution is 6.11. The molecule has 0 atom stereocenters. The predicted molar refractivity (Wildman–Crippen MR) is 101 cm³/mol. The summed E-state index contributed by atoms with van der Waals surface area (Å²) < 4.78 is 0. The normalized spacial score (nSPS) is 14.0. The van der Waals surface area contributed by atoms with Crippen molar-refractivity contribution in [2.75, 3.05) is 10.6 Å². The fraction of sp³-hybridized carbons (Fsp3) is 0.450. The Balaban J connectivity index is 2.37. The molecule has 0 radical (unpaired) electrons. The van der Waals surface area contributed by atoms with E-state index in [1.165, 1.54) is 12.1 Å². The van der Waals surface area contributed by atoms with E-state index in [9.17, 15) is 9.90 Å². The number of nitrogens with one attached hydrogen (secondary N) is 1. The van der Waals surface area contributed by atoms with Crippen molar-refractivity contribution in [1.82, 2.24) is 0 Å². The van der Waals surface area contributed by atoms with E-state index in [0.717, 1.165) is 33.3 Å². The number of anilines is 2. The molecular formula is C20H26N2O3. The summed E-state index contributed by atoms with van der Waals surface area (Å²) >= 11 is 0. The Bertz CT molecular complexity index is 873. The van der Waals surface area contributed by atoms with Gasteiger partial charge in [0.1, 0.15) is 11.4 Å². The Morgan fingerprint density at radius 3 is 2.20 bits per heavy atom. The zero-order valence-electron chi connectivity index (χ0n) is 15.9. The van der Waals surface area contributed by atoms with Crippen molar-refractivity contribution in [2.45, 2.75) is 59.3 Å². The maximum Gasteiger partial charge on any atom is 0.331 e. The molecule has 2 N–H and O–H groups in total. The first-order valence-electron chi connectivity index (χ1n) is 8.50. The van der Waals surface area contributed by atoms with Crippen LogP contribution in [0.25, 0.3) is 10.8 Å². The average Bonchev–Trinajstić information content (AvgIpc) is 2.78. The number of nitrogens with zero attached hydrogens (tertiary/aromatic N) is 1. The van der Waals surface area contributed by atoms with Crippen molar-refractivity contribution in [3.63, 3.8) is 0 Å². The number of carbonyl (C=O) groups is 1. The number of benzene rings is 2. The fourth-order valence-electron chi connectivity index (χ4n) is 3.32. The summed E-state index contributed by atoms with van der Waals surface area (Å²) in [4.78, 5) is 16.9. The minimum atomic E-state index is -0.406. The molecule has 1 aliphatic rings. The molecule has 0 aliphatic carbocycles. The first kappa shape index (κ1) is 17.4. The van der Waals surface area contributed by atoms with Crippen LogP contribution in [0.5, 0.6) is 5.75 Å². The van der Waals surface area contributed by atoms with Crippen molar-refractivity contribution in [3.8, 4) is 5.75 Å². The molecule has 0 saturated carbocycles. The first-order valence-corrected chi connectivity index (χ1v) is 8.50. The number of phenolic OH excluding ortho intramolecular Hbond substituents is 1. The van der Waals surface area contributed by atoms with Crippen LogP contribution in [0.1, 0.15) is 59.6 Å². The van der Waals surface area contributed by atoms with Gasteiger partial charge in [0.05, 0.1) is 5.69 Å². The summed E-state index contributed by atoms with van der Waals surface area (Å²) in [5.74, 6) is -0.129. The highest BCUT2D eigenvalue weighted by atomic mass is 16.7. The van der Waals surface area contributed by atoms with Gasteiger partial charge in [-0.3, -0.25) is 5.43 Å². The topological polar surface area (TPSA) is 61.8 Å². The summed E-state index contributed by atoms with van der Waals surface area (Å²) in [7, 11) is 0. The highest BCUT2D eigenvalue weighted by Gasteiger charge is 2.33. The summed E-state index contributed by atoms with van der Waals surface area (Å²) in [6, 6.07) is 5.88. The molecule has 0 amide bonds. The molecular weight excluding hydrogens is 316 g/mol. The minimum Gasteiger partial charge on any atom is -0.507 e. The summed E-state index contributed by atoms with van der Waals surface area (Å²) in [5.41, 5.74) is 6.38. The van der Waals surface area contributed by atoms with E-state index in [-0.39, 0.29) is 16.6 Å². The van der Waals surface area contributed by atoms with Gasteiger partial charge in [-0.15, -0.1) is 5.17 Å². The number of hydrogen-bond donors (Lipinski definition) is 2. The standard InChI is InChI=1S/C20H26N2O3/c1-11(23)25-22-15-10-14(20(5,6)7)18(24)12-8-9-13(19(2,3)4)17(21-22)16(12)15/h8-10,21,24H,1-7H3. The molecule has 134 valence electrons. The Morgan fingerprint density at radius 2 is 1.68 bits per heavy atom. The number of carbonyl (C=O) groups excluding carboxylic acids is 1. The van der Waals surface area contributed by atoms with E-state index in [2.05, 4.69) is 26.2 Å². The molecule has 5 nitrogen and oxygen atoms in total. The lowest BCUT2D eigenvalue weighted by Gasteiger charge is -2.24. The van der Waals surface area contributed by atoms with E-state index < -0.39 is 5.97 Å². The van der Waals surface area contributed by atoms with E-state index in [1.54, 1.807) is 0 Å². The van der Waals surface area contributed by atoms with Gasteiger partial charge in [0.2, 0.25) is 0 Å². The van der Waals surface area contributed by atoms with Crippen molar-refractivity contribution >= 4 is 28.1 Å². The Kier molecular flexibility index (Phi) is 3.67. The molecule has 0 saturated heterocycles. The average molecular weight is 342 g/mol. The molecule has 1 heterocycles. The molecule has 0 bridgehead atoms. The largest absolute Gasteiger partial charge is 0.507 e. The molecule has 2 aromatic rings. The molecule has 2 aromatic carbocycles. The van der Waals surface area contributed by atoms with Gasteiger partial charge >= 0.3 is 5.97 Å². The lowest BCUT2D eigenvalue weighted by molar-refractivity contribution is -0.141. The van der Waals surface area contributed by atoms with Crippen LogP contribution in [0.3, 0.4) is 0 Å². The third-order valence-electron chi connectivity index (χ3n) is 4.52. The van der Waals surface area contributed by atoms with Crippen LogP contribution in [-0.2, 0) is 20.5 Å². The maximum absolute atomic E-state index is 11.5. The lowest BCUT2D eigenvalue weighted by Crippen LogP contribution is -2.29. The first-order chi connectivity index (χ1) is 11.4. The van der Waals surface area contributed by atoms with Crippen LogP contribution in [0.2, 0.25) is 0 Å². The van der Waals surface area contributed by atoms with E-state index in [0.29, 0.717) is 0 Å². The summed E-state index contributed by atoms with van der Waals surface area (Å²) in [6.07, 6.45) is 0. The SMILES string of the molecule is CC(=O)ON1Nc2c(C(C)(C)C)ccc3c(O)c(C(C)(C)C)cc1c23. The van der Waals surface area contributed by atoms with Crippen molar-refractivity contribution in [3.05, 3.63) is 29.3 Å².